The van der Waals surface area contributed by atoms with Crippen molar-refractivity contribution in [3.8, 4) is 5.75 Å². The van der Waals surface area contributed by atoms with Crippen LogP contribution in [0, 0.1) is 6.92 Å². The highest BCUT2D eigenvalue weighted by atomic mass is 16.5. The molecule has 0 fully saturated rings. The Bertz CT molecular complexity index is 859. The number of H-pyrrole nitrogens is 1. The molecule has 0 saturated heterocycles. The summed E-state index contributed by atoms with van der Waals surface area (Å²) in [6.07, 6.45) is 1.88. The molecule has 0 bridgehead atoms. The molecule has 0 amide bonds. The first kappa shape index (κ1) is 14.0. The van der Waals surface area contributed by atoms with Crippen LogP contribution in [0.1, 0.15) is 17.0 Å². The van der Waals surface area contributed by atoms with Crippen molar-refractivity contribution in [3.63, 3.8) is 0 Å². The van der Waals surface area contributed by atoms with Gasteiger partial charge in [-0.15, -0.1) is 0 Å². The number of hydrogen-bond donors (Lipinski definition) is 2. The monoisotopic (exact) mass is 310 g/mol. The lowest BCUT2D eigenvalue weighted by Gasteiger charge is -2.22. The average Bonchev–Trinajstić information content (AvgIpc) is 2.91. The van der Waals surface area contributed by atoms with Crippen molar-refractivity contribution in [1.82, 2.24) is 15.0 Å². The van der Waals surface area contributed by atoms with Gasteiger partial charge in [0.05, 0.1) is 18.7 Å². The van der Waals surface area contributed by atoms with E-state index in [2.05, 4.69) is 19.9 Å². The van der Waals surface area contributed by atoms with Gasteiger partial charge in [-0.2, -0.15) is 0 Å². The van der Waals surface area contributed by atoms with E-state index in [1.807, 2.05) is 37.4 Å². The Kier molecular flexibility index (Phi) is 3.38. The first-order valence-electron chi connectivity index (χ1n) is 7.67. The molecule has 1 aliphatic rings. The summed E-state index contributed by atoms with van der Waals surface area (Å²) in [5, 5.41) is 9.36. The van der Waals surface area contributed by atoms with E-state index in [0.717, 1.165) is 46.1 Å². The maximum absolute atomic E-state index is 9.36. The highest BCUT2D eigenvalue weighted by molar-refractivity contribution is 5.86. The molecule has 1 aliphatic heterocycles. The molecule has 0 atom stereocenters. The molecule has 2 aromatic heterocycles. The first-order chi connectivity index (χ1) is 11.2. The van der Waals surface area contributed by atoms with Gasteiger partial charge in [0.1, 0.15) is 23.7 Å². The number of aliphatic hydroxyl groups excluding tert-OH is 1. The lowest BCUT2D eigenvalue weighted by atomic mass is 10.1. The van der Waals surface area contributed by atoms with Gasteiger partial charge >= 0.3 is 0 Å². The zero-order valence-electron chi connectivity index (χ0n) is 12.9. The number of ether oxygens (including phenoxy) is 1. The summed E-state index contributed by atoms with van der Waals surface area (Å²) in [6.45, 7) is 3.96. The molecule has 0 aliphatic carbocycles. The van der Waals surface area contributed by atoms with Crippen molar-refractivity contribution >= 4 is 16.9 Å². The fraction of sp³-hybridized carbons (Fsp3) is 0.294. The zero-order chi connectivity index (χ0) is 15.8. The van der Waals surface area contributed by atoms with Crippen LogP contribution >= 0.6 is 0 Å². The van der Waals surface area contributed by atoms with Gasteiger partial charge in [-0.3, -0.25) is 0 Å². The number of aromatic amines is 1. The molecule has 6 nitrogen and oxygen atoms in total. The molecule has 1 aromatic carbocycles. The van der Waals surface area contributed by atoms with Gasteiger partial charge in [0.2, 0.25) is 0 Å². The van der Waals surface area contributed by atoms with Crippen molar-refractivity contribution < 1.29 is 9.84 Å². The molecule has 23 heavy (non-hydrogen) atoms. The Hall–Kier alpha value is -2.60. The topological polar surface area (TPSA) is 74.3 Å². The van der Waals surface area contributed by atoms with Crippen molar-refractivity contribution in [1.29, 1.82) is 0 Å². The summed E-state index contributed by atoms with van der Waals surface area (Å²) < 4.78 is 5.85. The van der Waals surface area contributed by atoms with E-state index in [0.29, 0.717) is 13.2 Å². The van der Waals surface area contributed by atoms with Crippen molar-refractivity contribution in [2.45, 2.75) is 20.1 Å². The number of benzene rings is 1. The van der Waals surface area contributed by atoms with Crippen LogP contribution in [0.5, 0.6) is 5.75 Å². The van der Waals surface area contributed by atoms with Crippen molar-refractivity contribution in [3.05, 3.63) is 47.4 Å². The van der Waals surface area contributed by atoms with Gasteiger partial charge in [0, 0.05) is 18.3 Å². The molecule has 0 saturated carbocycles. The normalized spacial score (nSPS) is 14.4. The summed E-state index contributed by atoms with van der Waals surface area (Å²) in [5.41, 5.74) is 3.81. The van der Waals surface area contributed by atoms with Crippen LogP contribution in [-0.4, -0.2) is 33.2 Å². The number of anilines is 1. The molecule has 0 radical (unpaired) electrons. The summed E-state index contributed by atoms with van der Waals surface area (Å²) >= 11 is 0. The molecular formula is C17H18N4O2. The largest absolute Gasteiger partial charge is 0.491 e. The minimum atomic E-state index is 0.0285. The van der Waals surface area contributed by atoms with Crippen LogP contribution < -0.4 is 9.64 Å². The van der Waals surface area contributed by atoms with Gasteiger partial charge in [-0.1, -0.05) is 6.07 Å². The number of aryl methyl sites for hydroxylation is 1. The van der Waals surface area contributed by atoms with Crippen LogP contribution in [0.3, 0.4) is 0 Å². The molecule has 118 valence electrons. The third-order valence-electron chi connectivity index (χ3n) is 4.09. The second kappa shape index (κ2) is 5.55. The maximum atomic E-state index is 9.36. The highest BCUT2D eigenvalue weighted by Gasteiger charge is 2.20. The Labute approximate surface area is 133 Å². The summed E-state index contributed by atoms with van der Waals surface area (Å²) in [4.78, 5) is 14.5. The van der Waals surface area contributed by atoms with E-state index in [9.17, 15) is 5.11 Å². The van der Waals surface area contributed by atoms with E-state index in [-0.39, 0.29) is 6.61 Å². The third kappa shape index (κ3) is 2.51. The fourth-order valence-electron chi connectivity index (χ4n) is 3.00. The molecule has 2 N–H and O–H groups in total. The fourth-order valence-corrected chi connectivity index (χ4v) is 3.00. The third-order valence-corrected chi connectivity index (χ3v) is 4.09. The number of hydrogen-bond acceptors (Lipinski definition) is 5. The Morgan fingerprint density at radius 3 is 3.09 bits per heavy atom. The van der Waals surface area contributed by atoms with Crippen LogP contribution in [-0.2, 0) is 13.2 Å². The van der Waals surface area contributed by atoms with Crippen molar-refractivity contribution in [2.24, 2.45) is 0 Å². The minimum Gasteiger partial charge on any atom is -0.491 e. The summed E-state index contributed by atoms with van der Waals surface area (Å²) in [6, 6.07) is 7.78. The zero-order valence-corrected chi connectivity index (χ0v) is 12.9. The van der Waals surface area contributed by atoms with Gasteiger partial charge in [0.25, 0.3) is 0 Å². The predicted octanol–water partition coefficient (Wildman–Crippen LogP) is 2.16. The highest BCUT2D eigenvalue weighted by Crippen LogP contribution is 2.29. The molecule has 4 rings (SSSR count). The van der Waals surface area contributed by atoms with Crippen LogP contribution in [0.25, 0.3) is 11.0 Å². The molecular weight excluding hydrogens is 292 g/mol. The van der Waals surface area contributed by atoms with Gasteiger partial charge < -0.3 is 19.7 Å². The molecule has 0 spiro atoms. The van der Waals surface area contributed by atoms with E-state index in [4.69, 9.17) is 4.74 Å². The van der Waals surface area contributed by atoms with Crippen LogP contribution in [0.4, 0.5) is 5.82 Å². The van der Waals surface area contributed by atoms with Gasteiger partial charge in [-0.05, 0) is 30.7 Å². The number of aromatic nitrogens is 3. The maximum Gasteiger partial charge on any atom is 0.157 e. The molecule has 3 aromatic rings. The first-order valence-corrected chi connectivity index (χ1v) is 7.67. The second-order valence-electron chi connectivity index (χ2n) is 5.70. The van der Waals surface area contributed by atoms with E-state index < -0.39 is 0 Å². The number of fused-ring (bicyclic) bond motifs is 2. The van der Waals surface area contributed by atoms with E-state index in [1.165, 1.54) is 0 Å². The average molecular weight is 310 g/mol. The van der Waals surface area contributed by atoms with Crippen LogP contribution in [0.15, 0.2) is 30.5 Å². The summed E-state index contributed by atoms with van der Waals surface area (Å²) in [7, 11) is 0. The standard InChI is InChI=1S/C17H18N4O2/c1-11-19-14-4-5-18-16(14)17(20-11)21-6-7-23-15-3-2-12(10-22)8-13(15)9-21/h2-5,8,18,22H,6-7,9-10H2,1H3. The predicted molar refractivity (Wildman–Crippen MR) is 87.5 cm³/mol. The smallest absolute Gasteiger partial charge is 0.157 e. The lowest BCUT2D eigenvalue weighted by molar-refractivity contribution is 0.281. The number of nitrogens with one attached hydrogen (secondary N) is 1. The molecule has 6 heteroatoms. The molecule has 0 unspecified atom stereocenters. The summed E-state index contributed by atoms with van der Waals surface area (Å²) in [5.74, 6) is 2.52. The minimum absolute atomic E-state index is 0.0285. The van der Waals surface area contributed by atoms with Gasteiger partial charge in [-0.25, -0.2) is 9.97 Å². The quantitative estimate of drug-likeness (QED) is 0.759. The van der Waals surface area contributed by atoms with Crippen molar-refractivity contribution in [2.75, 3.05) is 18.1 Å². The van der Waals surface area contributed by atoms with Gasteiger partial charge in [0.15, 0.2) is 5.82 Å². The number of aliphatic hydroxyl groups is 1. The second-order valence-corrected chi connectivity index (χ2v) is 5.70. The lowest BCUT2D eigenvalue weighted by Crippen LogP contribution is -2.26. The Morgan fingerprint density at radius 1 is 1.30 bits per heavy atom. The number of nitrogens with zero attached hydrogens (tertiary/aromatic N) is 3. The Morgan fingerprint density at radius 2 is 2.22 bits per heavy atom. The Balaban J connectivity index is 1.77. The van der Waals surface area contributed by atoms with E-state index in [1.54, 1.807) is 0 Å². The SMILES string of the molecule is Cc1nc(N2CCOc3ccc(CO)cc3C2)c2[nH]ccc2n1. The molecule has 3 heterocycles. The number of rotatable bonds is 2. The van der Waals surface area contributed by atoms with E-state index >= 15 is 0 Å². The van der Waals surface area contributed by atoms with Crippen LogP contribution in [0.2, 0.25) is 0 Å².